The fourth-order valence-corrected chi connectivity index (χ4v) is 3.07. The molecule has 0 amide bonds. The lowest BCUT2D eigenvalue weighted by atomic mass is 10.0. The minimum absolute atomic E-state index is 0.0673. The zero-order valence-corrected chi connectivity index (χ0v) is 19.4. The largest absolute Gasteiger partial charge is 0.465 e. The van der Waals surface area contributed by atoms with Gasteiger partial charge in [-0.1, -0.05) is 13.8 Å². The van der Waals surface area contributed by atoms with Gasteiger partial charge in [-0.05, 0) is 51.0 Å². The Bertz CT molecular complexity index is 882. The van der Waals surface area contributed by atoms with Crippen LogP contribution in [0.25, 0.3) is 11.4 Å². The van der Waals surface area contributed by atoms with E-state index in [0.29, 0.717) is 35.7 Å². The van der Waals surface area contributed by atoms with E-state index in [9.17, 15) is 9.59 Å². The number of hydrogen-bond acceptors (Lipinski definition) is 8. The standard InChI is InChI=1S/C24H32N2O6/c1-6-17(7-2)24(31-13-12-30-16(3)4)32-23(28)19-9-11-26-21(15-19)20-14-18(8-10-25-20)22(27)29-5/h8-11,14-17,24H,6-7,12-13H2,1-5H3. The van der Waals surface area contributed by atoms with Gasteiger partial charge >= 0.3 is 11.9 Å². The maximum Gasteiger partial charge on any atom is 0.340 e. The van der Waals surface area contributed by atoms with Crippen molar-refractivity contribution in [3.63, 3.8) is 0 Å². The highest BCUT2D eigenvalue weighted by atomic mass is 16.7. The molecule has 0 spiro atoms. The molecular formula is C24H32N2O6. The van der Waals surface area contributed by atoms with Crippen LogP contribution in [-0.4, -0.2) is 54.6 Å². The molecule has 0 radical (unpaired) electrons. The molecule has 0 aliphatic rings. The Hall–Kier alpha value is -2.84. The molecule has 32 heavy (non-hydrogen) atoms. The van der Waals surface area contributed by atoms with Crippen molar-refractivity contribution in [2.45, 2.75) is 52.9 Å². The molecule has 0 aromatic carbocycles. The lowest BCUT2D eigenvalue weighted by Crippen LogP contribution is -2.31. The summed E-state index contributed by atoms with van der Waals surface area (Å²) in [6.07, 6.45) is 4.04. The summed E-state index contributed by atoms with van der Waals surface area (Å²) in [6.45, 7) is 8.73. The van der Waals surface area contributed by atoms with Crippen LogP contribution in [0.1, 0.15) is 61.3 Å². The van der Waals surface area contributed by atoms with Crippen LogP contribution in [-0.2, 0) is 18.9 Å². The molecule has 2 heterocycles. The van der Waals surface area contributed by atoms with Gasteiger partial charge in [0, 0.05) is 18.3 Å². The molecule has 0 aliphatic heterocycles. The summed E-state index contributed by atoms with van der Waals surface area (Å²) >= 11 is 0. The SMILES string of the molecule is CCC(CC)C(OCCOC(C)C)OC(=O)c1ccnc(-c2cc(C(=O)OC)ccn2)c1. The number of methoxy groups -OCH3 is 1. The van der Waals surface area contributed by atoms with Gasteiger partial charge in [-0.25, -0.2) is 9.59 Å². The van der Waals surface area contributed by atoms with E-state index >= 15 is 0 Å². The van der Waals surface area contributed by atoms with Gasteiger partial charge < -0.3 is 18.9 Å². The average molecular weight is 445 g/mol. The number of aromatic nitrogens is 2. The van der Waals surface area contributed by atoms with Crippen molar-refractivity contribution in [1.82, 2.24) is 9.97 Å². The molecule has 174 valence electrons. The van der Waals surface area contributed by atoms with Crippen molar-refractivity contribution in [3.05, 3.63) is 47.8 Å². The fourth-order valence-electron chi connectivity index (χ4n) is 3.07. The second-order valence-electron chi connectivity index (χ2n) is 7.49. The maximum atomic E-state index is 12.9. The Labute approximate surface area is 189 Å². The maximum absolute atomic E-state index is 12.9. The highest BCUT2D eigenvalue weighted by molar-refractivity contribution is 5.92. The zero-order valence-electron chi connectivity index (χ0n) is 19.4. The molecule has 0 fully saturated rings. The van der Waals surface area contributed by atoms with Gasteiger partial charge in [-0.3, -0.25) is 9.97 Å². The lowest BCUT2D eigenvalue weighted by Gasteiger charge is -2.25. The summed E-state index contributed by atoms with van der Waals surface area (Å²) in [7, 11) is 1.31. The van der Waals surface area contributed by atoms with Crippen LogP contribution < -0.4 is 0 Å². The predicted molar refractivity (Wildman–Crippen MR) is 119 cm³/mol. The van der Waals surface area contributed by atoms with E-state index in [0.717, 1.165) is 12.8 Å². The zero-order chi connectivity index (χ0) is 23.5. The van der Waals surface area contributed by atoms with Crippen molar-refractivity contribution < 1.29 is 28.5 Å². The van der Waals surface area contributed by atoms with E-state index in [-0.39, 0.29) is 12.0 Å². The van der Waals surface area contributed by atoms with Crippen LogP contribution in [0.3, 0.4) is 0 Å². The second-order valence-corrected chi connectivity index (χ2v) is 7.49. The fraction of sp³-hybridized carbons (Fsp3) is 0.500. The molecule has 0 N–H and O–H groups in total. The van der Waals surface area contributed by atoms with Crippen molar-refractivity contribution in [2.75, 3.05) is 20.3 Å². The smallest absolute Gasteiger partial charge is 0.340 e. The third-order valence-electron chi connectivity index (χ3n) is 4.91. The first-order chi connectivity index (χ1) is 15.4. The van der Waals surface area contributed by atoms with Gasteiger partial charge in [0.2, 0.25) is 6.29 Å². The number of ether oxygens (including phenoxy) is 4. The van der Waals surface area contributed by atoms with Gasteiger partial charge in [0.15, 0.2) is 0 Å². The first-order valence-corrected chi connectivity index (χ1v) is 10.8. The molecule has 2 aromatic heterocycles. The van der Waals surface area contributed by atoms with Crippen molar-refractivity contribution >= 4 is 11.9 Å². The first kappa shape index (κ1) is 25.4. The predicted octanol–water partition coefficient (Wildman–Crippen LogP) is 4.29. The highest BCUT2D eigenvalue weighted by Crippen LogP contribution is 2.21. The van der Waals surface area contributed by atoms with E-state index in [1.807, 2.05) is 27.7 Å². The third-order valence-corrected chi connectivity index (χ3v) is 4.91. The molecule has 0 bridgehead atoms. The van der Waals surface area contributed by atoms with Gasteiger partial charge in [0.05, 0.1) is 48.9 Å². The van der Waals surface area contributed by atoms with Gasteiger partial charge in [0.1, 0.15) is 0 Å². The van der Waals surface area contributed by atoms with Gasteiger partial charge in [-0.15, -0.1) is 0 Å². The Morgan fingerprint density at radius 1 is 0.875 bits per heavy atom. The quantitative estimate of drug-likeness (QED) is 0.272. The summed E-state index contributed by atoms with van der Waals surface area (Å²) in [5.74, 6) is -0.923. The van der Waals surface area contributed by atoms with E-state index in [2.05, 4.69) is 9.97 Å². The van der Waals surface area contributed by atoms with Crippen LogP contribution in [0.4, 0.5) is 0 Å². The molecular weight excluding hydrogens is 412 g/mol. The topological polar surface area (TPSA) is 96.8 Å². The van der Waals surface area contributed by atoms with E-state index in [1.165, 1.54) is 19.5 Å². The monoisotopic (exact) mass is 444 g/mol. The first-order valence-electron chi connectivity index (χ1n) is 10.8. The number of nitrogens with zero attached hydrogens (tertiary/aromatic N) is 2. The molecule has 8 nitrogen and oxygen atoms in total. The second kappa shape index (κ2) is 12.9. The summed E-state index contributed by atoms with van der Waals surface area (Å²) < 4.78 is 21.8. The molecule has 0 aliphatic carbocycles. The van der Waals surface area contributed by atoms with Crippen LogP contribution in [0.2, 0.25) is 0 Å². The molecule has 1 atom stereocenters. The lowest BCUT2D eigenvalue weighted by molar-refractivity contribution is -0.152. The number of esters is 2. The Morgan fingerprint density at radius 2 is 1.41 bits per heavy atom. The Balaban J connectivity index is 2.16. The summed E-state index contributed by atoms with van der Waals surface area (Å²) in [5, 5.41) is 0. The molecule has 0 saturated carbocycles. The van der Waals surface area contributed by atoms with Gasteiger partial charge in [-0.2, -0.15) is 0 Å². The molecule has 1 unspecified atom stereocenters. The van der Waals surface area contributed by atoms with Crippen LogP contribution in [0.5, 0.6) is 0 Å². The Kier molecular flexibility index (Phi) is 10.2. The number of rotatable bonds is 12. The summed E-state index contributed by atoms with van der Waals surface area (Å²) in [5.41, 5.74) is 1.55. The number of hydrogen-bond donors (Lipinski definition) is 0. The number of carbonyl (C=O) groups is 2. The van der Waals surface area contributed by atoms with Crippen LogP contribution >= 0.6 is 0 Å². The highest BCUT2D eigenvalue weighted by Gasteiger charge is 2.24. The number of pyridine rings is 2. The minimum atomic E-state index is -0.675. The molecule has 2 rings (SSSR count). The van der Waals surface area contributed by atoms with Crippen LogP contribution in [0, 0.1) is 5.92 Å². The van der Waals surface area contributed by atoms with E-state index in [1.54, 1.807) is 24.3 Å². The van der Waals surface area contributed by atoms with Crippen molar-refractivity contribution in [3.8, 4) is 11.4 Å². The minimum Gasteiger partial charge on any atom is -0.465 e. The third kappa shape index (κ3) is 7.39. The summed E-state index contributed by atoms with van der Waals surface area (Å²) in [6, 6.07) is 6.27. The van der Waals surface area contributed by atoms with Gasteiger partial charge in [0.25, 0.3) is 0 Å². The molecule has 8 heteroatoms. The Morgan fingerprint density at radius 3 is 1.91 bits per heavy atom. The van der Waals surface area contributed by atoms with Crippen molar-refractivity contribution in [2.24, 2.45) is 5.92 Å². The van der Waals surface area contributed by atoms with E-state index in [4.69, 9.17) is 18.9 Å². The summed E-state index contributed by atoms with van der Waals surface area (Å²) in [4.78, 5) is 33.2. The average Bonchev–Trinajstić information content (AvgIpc) is 2.81. The van der Waals surface area contributed by atoms with Crippen LogP contribution in [0.15, 0.2) is 36.7 Å². The molecule has 0 saturated heterocycles. The van der Waals surface area contributed by atoms with Crippen molar-refractivity contribution in [1.29, 1.82) is 0 Å². The van der Waals surface area contributed by atoms with E-state index < -0.39 is 18.2 Å². The molecule has 2 aromatic rings. The normalized spacial score (nSPS) is 12.1. The number of carbonyl (C=O) groups excluding carboxylic acids is 2.